The lowest BCUT2D eigenvalue weighted by Gasteiger charge is -2.20. The van der Waals surface area contributed by atoms with Gasteiger partial charge in [-0.15, -0.1) is 10.2 Å². The van der Waals surface area contributed by atoms with Gasteiger partial charge >= 0.3 is 0 Å². The Labute approximate surface area is 170 Å². The molecule has 7 nitrogen and oxygen atoms in total. The van der Waals surface area contributed by atoms with E-state index in [1.807, 2.05) is 24.3 Å². The minimum atomic E-state index is -0.0809. The molecular weight excluding hydrogens is 374 g/mol. The molecule has 2 aromatic rings. The number of amides is 1. The highest BCUT2D eigenvalue weighted by Crippen LogP contribution is 2.27. The van der Waals surface area contributed by atoms with E-state index in [1.54, 1.807) is 7.11 Å². The van der Waals surface area contributed by atoms with E-state index in [1.165, 1.54) is 48.5 Å². The van der Waals surface area contributed by atoms with Crippen LogP contribution in [-0.4, -0.2) is 33.6 Å². The number of methoxy groups -OCH3 is 1. The molecule has 28 heavy (non-hydrogen) atoms. The van der Waals surface area contributed by atoms with Gasteiger partial charge in [0.2, 0.25) is 11.1 Å². The average Bonchev–Trinajstić information content (AvgIpc) is 3.09. The predicted octanol–water partition coefficient (Wildman–Crippen LogP) is 2.92. The summed E-state index contributed by atoms with van der Waals surface area (Å²) >= 11 is 1.30. The number of nitrogens with zero attached hydrogens (tertiary/aromatic N) is 3. The topological polar surface area (TPSA) is 95.1 Å². The number of aromatic nitrogens is 3. The first-order valence-electron chi connectivity index (χ1n) is 9.88. The number of para-hydroxylation sites is 1. The van der Waals surface area contributed by atoms with Crippen LogP contribution in [0.4, 0.5) is 0 Å². The zero-order chi connectivity index (χ0) is 19.8. The predicted molar refractivity (Wildman–Crippen MR) is 111 cm³/mol. The number of aryl methyl sites for hydroxylation is 1. The fourth-order valence-electron chi connectivity index (χ4n) is 3.61. The molecule has 3 rings (SSSR count). The molecule has 0 aliphatic heterocycles. The third kappa shape index (κ3) is 5.64. The molecule has 3 N–H and O–H groups in total. The average molecular weight is 404 g/mol. The van der Waals surface area contributed by atoms with E-state index in [-0.39, 0.29) is 11.7 Å². The molecule has 0 atom stereocenters. The second-order valence-corrected chi connectivity index (χ2v) is 8.13. The first-order chi connectivity index (χ1) is 13.7. The van der Waals surface area contributed by atoms with E-state index >= 15 is 0 Å². The summed E-state index contributed by atoms with van der Waals surface area (Å²) in [7, 11) is 1.62. The summed E-state index contributed by atoms with van der Waals surface area (Å²) < 4.78 is 6.83. The number of thioether (sulfide) groups is 1. The maximum atomic E-state index is 12.2. The maximum absolute atomic E-state index is 12.2. The van der Waals surface area contributed by atoms with Crippen LogP contribution in [0.2, 0.25) is 0 Å². The molecule has 0 unspecified atom stereocenters. The van der Waals surface area contributed by atoms with Crippen molar-refractivity contribution >= 4 is 17.7 Å². The number of hydrogen-bond donors (Lipinski definition) is 2. The van der Waals surface area contributed by atoms with Crippen LogP contribution < -0.4 is 15.9 Å². The number of nitrogen functional groups attached to an aromatic ring is 1. The molecule has 0 spiro atoms. The molecule has 0 saturated heterocycles. The van der Waals surface area contributed by atoms with Crippen molar-refractivity contribution in [1.29, 1.82) is 0 Å². The second kappa shape index (κ2) is 10.4. The molecule has 1 aliphatic carbocycles. The molecule has 1 aromatic carbocycles. The van der Waals surface area contributed by atoms with Crippen molar-refractivity contribution in [1.82, 2.24) is 20.2 Å². The molecule has 0 radical (unpaired) electrons. The van der Waals surface area contributed by atoms with E-state index in [0.717, 1.165) is 35.9 Å². The van der Waals surface area contributed by atoms with Crippen LogP contribution >= 0.6 is 11.8 Å². The highest BCUT2D eigenvalue weighted by molar-refractivity contribution is 7.99. The van der Waals surface area contributed by atoms with Gasteiger partial charge in [-0.2, -0.15) is 0 Å². The lowest BCUT2D eigenvalue weighted by Crippen LogP contribution is -2.25. The first-order valence-corrected chi connectivity index (χ1v) is 10.9. The summed E-state index contributed by atoms with van der Waals surface area (Å²) in [5.41, 5.74) is 0.940. The Bertz CT molecular complexity index is 774. The van der Waals surface area contributed by atoms with Crippen molar-refractivity contribution in [3.05, 3.63) is 35.7 Å². The molecule has 1 saturated carbocycles. The second-order valence-electron chi connectivity index (χ2n) is 7.19. The van der Waals surface area contributed by atoms with Crippen LogP contribution in [-0.2, 0) is 17.8 Å². The molecule has 1 aromatic heterocycles. The third-order valence-corrected chi connectivity index (χ3v) is 6.18. The number of carbonyl (C=O) groups is 1. The van der Waals surface area contributed by atoms with Gasteiger partial charge in [-0.05, 0) is 18.4 Å². The van der Waals surface area contributed by atoms with Crippen LogP contribution in [0.15, 0.2) is 29.4 Å². The lowest BCUT2D eigenvalue weighted by atomic mass is 9.86. The van der Waals surface area contributed by atoms with Crippen molar-refractivity contribution in [3.8, 4) is 5.75 Å². The van der Waals surface area contributed by atoms with E-state index in [9.17, 15) is 4.79 Å². The molecule has 8 heteroatoms. The SMILES string of the molecule is COc1ccccc1CNC(=O)CSc1nnc(CCC2CCCCC2)n1N. The highest BCUT2D eigenvalue weighted by Gasteiger charge is 2.17. The fraction of sp³-hybridized carbons (Fsp3) is 0.550. The van der Waals surface area contributed by atoms with Crippen LogP contribution in [0.1, 0.15) is 49.9 Å². The monoisotopic (exact) mass is 403 g/mol. The normalized spacial score (nSPS) is 14.8. The molecule has 152 valence electrons. The minimum Gasteiger partial charge on any atom is -0.496 e. The molecular formula is C20H29N5O2S. The number of ether oxygens (including phenoxy) is 1. The fourth-order valence-corrected chi connectivity index (χ4v) is 4.31. The Balaban J connectivity index is 1.44. The van der Waals surface area contributed by atoms with Crippen LogP contribution in [0.3, 0.4) is 0 Å². The number of carbonyl (C=O) groups excluding carboxylic acids is 1. The van der Waals surface area contributed by atoms with Gasteiger partial charge in [-0.3, -0.25) is 4.79 Å². The lowest BCUT2D eigenvalue weighted by molar-refractivity contribution is -0.118. The summed E-state index contributed by atoms with van der Waals surface area (Å²) in [5, 5.41) is 11.8. The van der Waals surface area contributed by atoms with E-state index in [4.69, 9.17) is 10.6 Å². The third-order valence-electron chi connectivity index (χ3n) is 5.24. The minimum absolute atomic E-state index is 0.0809. The van der Waals surface area contributed by atoms with Crippen molar-refractivity contribution in [3.63, 3.8) is 0 Å². The standard InChI is InChI=1S/C20H29N5O2S/c1-27-17-10-6-5-9-16(17)13-22-19(26)14-28-20-24-23-18(25(20)21)12-11-15-7-3-2-4-8-15/h5-6,9-10,15H,2-4,7-8,11-14,21H2,1H3,(H,22,26). The van der Waals surface area contributed by atoms with E-state index in [0.29, 0.717) is 11.7 Å². The smallest absolute Gasteiger partial charge is 0.230 e. The Morgan fingerprint density at radius 2 is 2.07 bits per heavy atom. The molecule has 1 amide bonds. The van der Waals surface area contributed by atoms with Crippen LogP contribution in [0.5, 0.6) is 5.75 Å². The van der Waals surface area contributed by atoms with Gasteiger partial charge in [0.15, 0.2) is 5.82 Å². The Morgan fingerprint density at radius 1 is 1.29 bits per heavy atom. The zero-order valence-corrected chi connectivity index (χ0v) is 17.2. The Kier molecular flexibility index (Phi) is 7.59. The van der Waals surface area contributed by atoms with Gasteiger partial charge in [0.25, 0.3) is 0 Å². The number of rotatable bonds is 9. The Morgan fingerprint density at radius 3 is 2.86 bits per heavy atom. The van der Waals surface area contributed by atoms with Gasteiger partial charge in [-0.1, -0.05) is 62.1 Å². The van der Waals surface area contributed by atoms with Crippen molar-refractivity contribution in [2.45, 2.75) is 56.6 Å². The van der Waals surface area contributed by atoms with Gasteiger partial charge in [-0.25, -0.2) is 4.68 Å². The quantitative estimate of drug-likeness (QED) is 0.494. The van der Waals surface area contributed by atoms with E-state index < -0.39 is 0 Å². The largest absolute Gasteiger partial charge is 0.496 e. The number of nitrogens with two attached hydrogens (primary N) is 1. The summed E-state index contributed by atoms with van der Waals surface area (Å²) in [6.45, 7) is 0.422. The van der Waals surface area contributed by atoms with Crippen molar-refractivity contribution in [2.24, 2.45) is 5.92 Å². The number of hydrogen-bond acceptors (Lipinski definition) is 6. The Hall–Kier alpha value is -2.22. The number of benzene rings is 1. The maximum Gasteiger partial charge on any atom is 0.230 e. The summed E-state index contributed by atoms with van der Waals surface area (Å²) in [6.07, 6.45) is 8.62. The summed E-state index contributed by atoms with van der Waals surface area (Å²) in [6, 6.07) is 7.63. The molecule has 1 aliphatic rings. The van der Waals surface area contributed by atoms with Crippen molar-refractivity contribution < 1.29 is 9.53 Å². The van der Waals surface area contributed by atoms with Gasteiger partial charge < -0.3 is 15.9 Å². The number of nitrogens with one attached hydrogen (secondary N) is 1. The summed E-state index contributed by atoms with van der Waals surface area (Å²) in [5.74, 6) is 8.63. The highest BCUT2D eigenvalue weighted by atomic mass is 32.2. The first kappa shape index (κ1) is 20.5. The van der Waals surface area contributed by atoms with Gasteiger partial charge in [0, 0.05) is 18.5 Å². The molecule has 1 heterocycles. The summed E-state index contributed by atoms with van der Waals surface area (Å²) in [4.78, 5) is 12.2. The van der Waals surface area contributed by atoms with Crippen molar-refractivity contribution in [2.75, 3.05) is 18.7 Å². The van der Waals surface area contributed by atoms with Crippen LogP contribution in [0, 0.1) is 5.92 Å². The van der Waals surface area contributed by atoms with Gasteiger partial charge in [0.1, 0.15) is 5.75 Å². The molecule has 1 fully saturated rings. The van der Waals surface area contributed by atoms with E-state index in [2.05, 4.69) is 15.5 Å². The van der Waals surface area contributed by atoms with Crippen LogP contribution in [0.25, 0.3) is 0 Å². The zero-order valence-electron chi connectivity index (χ0n) is 16.4. The molecule has 0 bridgehead atoms. The van der Waals surface area contributed by atoms with Gasteiger partial charge in [0.05, 0.1) is 12.9 Å².